The van der Waals surface area contributed by atoms with Gasteiger partial charge >= 0.3 is 0 Å². The molecule has 0 aromatic rings. The average molecular weight is 500 g/mol. The van der Waals surface area contributed by atoms with Gasteiger partial charge in [-0.2, -0.15) is 0 Å². The Morgan fingerprint density at radius 2 is 1.83 bits per heavy atom. The number of hydrogen-bond acceptors (Lipinski definition) is 7. The number of amides is 2. The van der Waals surface area contributed by atoms with Gasteiger partial charge < -0.3 is 25.2 Å². The summed E-state index contributed by atoms with van der Waals surface area (Å²) in [6.07, 6.45) is 10.3. The van der Waals surface area contributed by atoms with Crippen LogP contribution >= 0.6 is 0 Å². The monoisotopic (exact) mass is 499 g/mol. The summed E-state index contributed by atoms with van der Waals surface area (Å²) < 4.78 is 6.88. The van der Waals surface area contributed by atoms with Crippen LogP contribution in [0.5, 0.6) is 0 Å². The second kappa shape index (κ2) is 10.1. The van der Waals surface area contributed by atoms with Crippen molar-refractivity contribution in [1.82, 2.24) is 25.3 Å². The van der Waals surface area contributed by atoms with Crippen molar-refractivity contribution >= 4 is 17.6 Å². The van der Waals surface area contributed by atoms with Crippen LogP contribution in [0.25, 0.3) is 0 Å². The van der Waals surface area contributed by atoms with E-state index in [9.17, 15) is 14.4 Å². The molecule has 9 nitrogen and oxygen atoms in total. The number of nitrogens with zero attached hydrogens (tertiary/aromatic N) is 3. The molecule has 7 unspecified atom stereocenters. The molecule has 5 fully saturated rings. The van der Waals surface area contributed by atoms with E-state index in [-0.39, 0.29) is 53.8 Å². The SMILES string of the molecule is CC(=O)N1CCN(C2CCC3C(=O)C(C(=O)NCC4CCCN4)=CN4C5CCCCC5OC2C34)CC1. The Kier molecular flexibility index (Phi) is 6.81. The van der Waals surface area contributed by atoms with Crippen LogP contribution in [0.15, 0.2) is 11.8 Å². The maximum atomic E-state index is 13.7. The fourth-order valence-electron chi connectivity index (χ4n) is 7.74. The van der Waals surface area contributed by atoms with Crippen molar-refractivity contribution in [1.29, 1.82) is 0 Å². The van der Waals surface area contributed by atoms with Crippen molar-refractivity contribution in [2.45, 2.75) is 94.7 Å². The Morgan fingerprint density at radius 1 is 1.03 bits per heavy atom. The zero-order chi connectivity index (χ0) is 24.8. The number of ketones is 1. The summed E-state index contributed by atoms with van der Waals surface area (Å²) in [7, 11) is 0. The third-order valence-electron chi connectivity index (χ3n) is 9.65. The van der Waals surface area contributed by atoms with Gasteiger partial charge in [-0.1, -0.05) is 12.8 Å². The summed E-state index contributed by atoms with van der Waals surface area (Å²) in [4.78, 5) is 45.6. The van der Waals surface area contributed by atoms with Crippen molar-refractivity contribution < 1.29 is 19.1 Å². The highest BCUT2D eigenvalue weighted by Crippen LogP contribution is 2.46. The van der Waals surface area contributed by atoms with E-state index in [1.54, 1.807) is 6.92 Å². The van der Waals surface area contributed by atoms with Crippen LogP contribution in [0.1, 0.15) is 58.3 Å². The summed E-state index contributed by atoms with van der Waals surface area (Å²) in [6, 6.07) is 0.781. The highest BCUT2D eigenvalue weighted by atomic mass is 16.5. The van der Waals surface area contributed by atoms with Crippen molar-refractivity contribution in [3.8, 4) is 0 Å². The molecule has 2 saturated carbocycles. The molecule has 2 amide bonds. The molecule has 4 aliphatic heterocycles. The number of hydrogen-bond donors (Lipinski definition) is 2. The molecule has 4 heterocycles. The fraction of sp³-hybridized carbons (Fsp3) is 0.815. The lowest BCUT2D eigenvalue weighted by molar-refractivity contribution is -0.202. The van der Waals surface area contributed by atoms with Gasteiger partial charge in [0.25, 0.3) is 5.91 Å². The Bertz CT molecular complexity index is 910. The summed E-state index contributed by atoms with van der Waals surface area (Å²) in [5.74, 6) is -0.273. The molecule has 3 saturated heterocycles. The molecule has 2 aliphatic carbocycles. The average Bonchev–Trinajstić information content (AvgIpc) is 3.42. The van der Waals surface area contributed by atoms with Gasteiger partial charge in [0, 0.05) is 63.8 Å². The molecule has 0 aromatic carbocycles. The molecule has 9 heteroatoms. The highest BCUT2D eigenvalue weighted by Gasteiger charge is 2.56. The smallest absolute Gasteiger partial charge is 0.256 e. The first kappa shape index (κ1) is 24.4. The van der Waals surface area contributed by atoms with E-state index in [0.717, 1.165) is 77.7 Å². The van der Waals surface area contributed by atoms with Crippen LogP contribution in [0.3, 0.4) is 0 Å². The number of morpholine rings is 1. The quantitative estimate of drug-likeness (QED) is 0.549. The number of rotatable bonds is 4. The van der Waals surface area contributed by atoms with E-state index in [2.05, 4.69) is 20.4 Å². The van der Waals surface area contributed by atoms with Gasteiger partial charge in [0.1, 0.15) is 0 Å². The molecule has 6 aliphatic rings. The molecular weight excluding hydrogens is 458 g/mol. The predicted molar refractivity (Wildman–Crippen MR) is 134 cm³/mol. The minimum absolute atomic E-state index is 0.00385. The van der Waals surface area contributed by atoms with Crippen LogP contribution in [-0.4, -0.2) is 108 Å². The van der Waals surface area contributed by atoms with E-state index in [0.29, 0.717) is 18.2 Å². The standard InChI is InChI=1S/C27H41N5O4/c1-17(33)30-11-13-31(14-12-30)22-9-8-19-24-26(22)36-23-7-3-2-6-21(23)32(24)16-20(25(19)34)27(35)29-15-18-5-4-10-28-18/h16,18-19,21-24,26,28H,2-15H2,1H3,(H,29,35). The van der Waals surface area contributed by atoms with Crippen LogP contribution in [0.2, 0.25) is 0 Å². The number of Topliss-reactive ketones (excluding diaryl/α,β-unsaturated/α-hetero) is 1. The topological polar surface area (TPSA) is 94.2 Å². The molecule has 0 spiro atoms. The van der Waals surface area contributed by atoms with Gasteiger partial charge in [0.2, 0.25) is 5.91 Å². The van der Waals surface area contributed by atoms with Crippen LogP contribution < -0.4 is 10.6 Å². The van der Waals surface area contributed by atoms with Crippen LogP contribution in [0, 0.1) is 5.92 Å². The van der Waals surface area contributed by atoms with E-state index < -0.39 is 0 Å². The number of ether oxygens (including phenoxy) is 1. The minimum Gasteiger partial charge on any atom is -0.369 e. The fourth-order valence-corrected chi connectivity index (χ4v) is 7.74. The lowest BCUT2D eigenvalue weighted by atomic mass is 9.70. The maximum absolute atomic E-state index is 13.7. The normalized spacial score (nSPS) is 38.8. The Hall–Kier alpha value is -1.97. The number of carbonyl (C=O) groups excluding carboxylic acids is 3. The van der Waals surface area contributed by atoms with E-state index in [1.807, 2.05) is 11.1 Å². The number of piperazine rings is 1. The number of fused-ring (bicyclic) bond motifs is 2. The largest absolute Gasteiger partial charge is 0.369 e. The van der Waals surface area contributed by atoms with Crippen LogP contribution in [-0.2, 0) is 19.1 Å². The van der Waals surface area contributed by atoms with Gasteiger partial charge in [-0.05, 0) is 45.1 Å². The molecule has 0 aromatic heterocycles. The summed E-state index contributed by atoms with van der Waals surface area (Å²) in [5, 5.41) is 6.47. The zero-order valence-corrected chi connectivity index (χ0v) is 21.5. The lowest BCUT2D eigenvalue weighted by Crippen LogP contribution is -2.71. The third-order valence-corrected chi connectivity index (χ3v) is 9.65. The van der Waals surface area contributed by atoms with E-state index in [1.165, 1.54) is 6.42 Å². The van der Waals surface area contributed by atoms with Crippen LogP contribution in [0.4, 0.5) is 0 Å². The molecule has 7 atom stereocenters. The minimum atomic E-state index is -0.218. The van der Waals surface area contributed by atoms with E-state index >= 15 is 0 Å². The van der Waals surface area contributed by atoms with Gasteiger partial charge in [-0.25, -0.2) is 0 Å². The second-order valence-electron chi connectivity index (χ2n) is 11.6. The first-order valence-corrected chi connectivity index (χ1v) is 14.2. The Balaban J connectivity index is 1.24. The van der Waals surface area contributed by atoms with Gasteiger partial charge in [-0.15, -0.1) is 0 Å². The van der Waals surface area contributed by atoms with Gasteiger partial charge in [0.05, 0.1) is 29.9 Å². The number of nitrogens with one attached hydrogen (secondary N) is 2. The molecule has 6 rings (SSSR count). The molecule has 36 heavy (non-hydrogen) atoms. The van der Waals surface area contributed by atoms with Crippen molar-refractivity contribution in [2.24, 2.45) is 5.92 Å². The molecule has 0 radical (unpaired) electrons. The van der Waals surface area contributed by atoms with Gasteiger partial charge in [0.15, 0.2) is 5.78 Å². The molecule has 198 valence electrons. The first-order valence-electron chi connectivity index (χ1n) is 14.2. The van der Waals surface area contributed by atoms with Crippen molar-refractivity contribution in [3.63, 3.8) is 0 Å². The second-order valence-corrected chi connectivity index (χ2v) is 11.6. The Labute approximate surface area is 213 Å². The summed E-state index contributed by atoms with van der Waals surface area (Å²) in [5.41, 5.74) is 0.341. The van der Waals surface area contributed by atoms with Crippen molar-refractivity contribution in [2.75, 3.05) is 39.3 Å². The first-order chi connectivity index (χ1) is 17.5. The summed E-state index contributed by atoms with van der Waals surface area (Å²) in [6.45, 7) is 6.41. The number of carbonyl (C=O) groups is 3. The van der Waals surface area contributed by atoms with Crippen molar-refractivity contribution in [3.05, 3.63) is 11.8 Å². The predicted octanol–water partition coefficient (Wildman–Crippen LogP) is 0.645. The molecular formula is C27H41N5O4. The Morgan fingerprint density at radius 3 is 2.58 bits per heavy atom. The highest BCUT2D eigenvalue weighted by molar-refractivity contribution is 6.20. The summed E-state index contributed by atoms with van der Waals surface area (Å²) >= 11 is 0. The molecule has 0 bridgehead atoms. The third kappa shape index (κ3) is 4.37. The maximum Gasteiger partial charge on any atom is 0.256 e. The molecule has 2 N–H and O–H groups in total. The zero-order valence-electron chi connectivity index (χ0n) is 21.5. The lowest BCUT2D eigenvalue weighted by Gasteiger charge is -2.60. The van der Waals surface area contributed by atoms with E-state index in [4.69, 9.17) is 4.74 Å². The van der Waals surface area contributed by atoms with Gasteiger partial charge in [-0.3, -0.25) is 19.3 Å².